The summed E-state index contributed by atoms with van der Waals surface area (Å²) in [6.07, 6.45) is 3.27. The van der Waals surface area contributed by atoms with E-state index < -0.39 is 0 Å². The molecule has 2 aromatic rings. The van der Waals surface area contributed by atoms with Crippen LogP contribution in [0.1, 0.15) is 23.2 Å². The van der Waals surface area contributed by atoms with Gasteiger partial charge in [-0.3, -0.25) is 9.48 Å². The summed E-state index contributed by atoms with van der Waals surface area (Å²) in [4.78, 5) is 11.3. The zero-order chi connectivity index (χ0) is 14.1. The molecular formula is C15H18N4O. The summed E-state index contributed by atoms with van der Waals surface area (Å²) in [7, 11) is 1.94. The molecule has 0 saturated carbocycles. The van der Waals surface area contributed by atoms with Crippen molar-refractivity contribution in [3.63, 3.8) is 0 Å². The van der Waals surface area contributed by atoms with Crippen molar-refractivity contribution in [3.8, 4) is 0 Å². The minimum atomic E-state index is 0.101. The molecule has 5 nitrogen and oxygen atoms in total. The second kappa shape index (κ2) is 5.00. The number of hydrogen-bond acceptors (Lipinski definition) is 3. The molecule has 3 rings (SSSR count). The maximum Gasteiger partial charge on any atom is 0.224 e. The van der Waals surface area contributed by atoms with Gasteiger partial charge in [0.15, 0.2) is 0 Å². The predicted molar refractivity (Wildman–Crippen MR) is 78.7 cm³/mol. The molecule has 0 saturated heterocycles. The molecule has 0 aliphatic carbocycles. The molecule has 104 valence electrons. The smallest absolute Gasteiger partial charge is 0.224 e. The zero-order valence-corrected chi connectivity index (χ0v) is 11.7. The molecule has 0 unspecified atom stereocenters. The van der Waals surface area contributed by atoms with Gasteiger partial charge in [0.1, 0.15) is 0 Å². The number of benzene rings is 1. The highest BCUT2D eigenvalue weighted by Crippen LogP contribution is 2.26. The van der Waals surface area contributed by atoms with Crippen LogP contribution < -0.4 is 10.6 Å². The highest BCUT2D eigenvalue weighted by atomic mass is 16.1. The SMILES string of the molecule is Cc1c(CNc2ccc3c(c2)CCC(=O)N3)cnn1C. The van der Waals surface area contributed by atoms with Gasteiger partial charge in [-0.25, -0.2) is 0 Å². The van der Waals surface area contributed by atoms with E-state index in [4.69, 9.17) is 0 Å². The lowest BCUT2D eigenvalue weighted by atomic mass is 10.0. The second-order valence-corrected chi connectivity index (χ2v) is 5.15. The van der Waals surface area contributed by atoms with Gasteiger partial charge < -0.3 is 10.6 Å². The van der Waals surface area contributed by atoms with E-state index in [9.17, 15) is 4.79 Å². The molecule has 0 fully saturated rings. The van der Waals surface area contributed by atoms with Crippen LogP contribution in [-0.4, -0.2) is 15.7 Å². The van der Waals surface area contributed by atoms with Gasteiger partial charge in [-0.1, -0.05) is 0 Å². The molecule has 1 aromatic carbocycles. The summed E-state index contributed by atoms with van der Waals surface area (Å²) in [5.41, 5.74) is 5.56. The Bertz CT molecular complexity index is 660. The normalized spacial score (nSPS) is 13.8. The lowest BCUT2D eigenvalue weighted by Crippen LogP contribution is -2.18. The molecule has 1 aliphatic heterocycles. The molecule has 1 amide bonds. The average Bonchev–Trinajstić information content (AvgIpc) is 2.76. The highest BCUT2D eigenvalue weighted by Gasteiger charge is 2.14. The zero-order valence-electron chi connectivity index (χ0n) is 11.7. The molecule has 0 spiro atoms. The Kier molecular flexibility index (Phi) is 3.18. The summed E-state index contributed by atoms with van der Waals surface area (Å²) in [5, 5.41) is 10.5. The van der Waals surface area contributed by atoms with Gasteiger partial charge in [0.25, 0.3) is 0 Å². The summed E-state index contributed by atoms with van der Waals surface area (Å²) >= 11 is 0. The van der Waals surface area contributed by atoms with Crippen molar-refractivity contribution in [3.05, 3.63) is 41.2 Å². The van der Waals surface area contributed by atoms with Crippen molar-refractivity contribution in [2.75, 3.05) is 10.6 Å². The van der Waals surface area contributed by atoms with Crippen LogP contribution >= 0.6 is 0 Å². The van der Waals surface area contributed by atoms with Crippen LogP contribution in [0, 0.1) is 6.92 Å². The molecule has 0 radical (unpaired) electrons. The molecule has 2 N–H and O–H groups in total. The fourth-order valence-corrected chi connectivity index (χ4v) is 2.41. The van der Waals surface area contributed by atoms with E-state index in [-0.39, 0.29) is 5.91 Å². The fraction of sp³-hybridized carbons (Fsp3) is 0.333. The highest BCUT2D eigenvalue weighted by molar-refractivity contribution is 5.94. The molecule has 1 aliphatic rings. The second-order valence-electron chi connectivity index (χ2n) is 5.15. The van der Waals surface area contributed by atoms with E-state index in [1.165, 1.54) is 16.8 Å². The van der Waals surface area contributed by atoms with Crippen LogP contribution in [0.15, 0.2) is 24.4 Å². The van der Waals surface area contributed by atoms with Crippen molar-refractivity contribution < 1.29 is 4.79 Å². The van der Waals surface area contributed by atoms with Crippen molar-refractivity contribution in [2.45, 2.75) is 26.3 Å². The summed E-state index contributed by atoms with van der Waals surface area (Å²) in [5.74, 6) is 0.101. The van der Waals surface area contributed by atoms with E-state index in [0.717, 1.165) is 24.3 Å². The minimum Gasteiger partial charge on any atom is -0.381 e. The third-order valence-electron chi connectivity index (χ3n) is 3.82. The first-order valence-corrected chi connectivity index (χ1v) is 6.77. The van der Waals surface area contributed by atoms with Crippen LogP contribution in [-0.2, 0) is 24.8 Å². The molecule has 1 aromatic heterocycles. The quantitative estimate of drug-likeness (QED) is 0.899. The number of aromatic nitrogens is 2. The van der Waals surface area contributed by atoms with Gasteiger partial charge in [-0.2, -0.15) is 5.10 Å². The number of aryl methyl sites for hydroxylation is 2. The van der Waals surface area contributed by atoms with E-state index >= 15 is 0 Å². The van der Waals surface area contributed by atoms with Gasteiger partial charge in [0.05, 0.1) is 6.20 Å². The number of amides is 1. The number of fused-ring (bicyclic) bond motifs is 1. The Morgan fingerprint density at radius 2 is 2.25 bits per heavy atom. The Labute approximate surface area is 118 Å². The van der Waals surface area contributed by atoms with Crippen molar-refractivity contribution in [1.82, 2.24) is 9.78 Å². The van der Waals surface area contributed by atoms with E-state index in [0.29, 0.717) is 6.42 Å². The molecule has 0 atom stereocenters. The number of carbonyl (C=O) groups excluding carboxylic acids is 1. The number of anilines is 2. The minimum absolute atomic E-state index is 0.101. The lowest BCUT2D eigenvalue weighted by molar-refractivity contribution is -0.116. The monoisotopic (exact) mass is 270 g/mol. The van der Waals surface area contributed by atoms with Crippen molar-refractivity contribution in [2.24, 2.45) is 7.05 Å². The average molecular weight is 270 g/mol. The van der Waals surface area contributed by atoms with Gasteiger partial charge in [-0.05, 0) is 37.1 Å². The Morgan fingerprint density at radius 1 is 1.40 bits per heavy atom. The van der Waals surface area contributed by atoms with Crippen LogP contribution in [0.5, 0.6) is 0 Å². The summed E-state index contributed by atoms with van der Waals surface area (Å²) in [6.45, 7) is 2.82. The third kappa shape index (κ3) is 2.39. The van der Waals surface area contributed by atoms with Gasteiger partial charge in [-0.15, -0.1) is 0 Å². The van der Waals surface area contributed by atoms with Gasteiger partial charge in [0, 0.05) is 42.6 Å². The molecule has 5 heteroatoms. The van der Waals surface area contributed by atoms with Crippen molar-refractivity contribution >= 4 is 17.3 Å². The van der Waals surface area contributed by atoms with Crippen LogP contribution in [0.4, 0.5) is 11.4 Å². The van der Waals surface area contributed by atoms with Gasteiger partial charge >= 0.3 is 0 Å². The maximum absolute atomic E-state index is 11.3. The Morgan fingerprint density at radius 3 is 3.00 bits per heavy atom. The molecular weight excluding hydrogens is 252 g/mol. The summed E-state index contributed by atoms with van der Waals surface area (Å²) in [6, 6.07) is 6.07. The molecule has 2 heterocycles. The number of rotatable bonds is 3. The van der Waals surface area contributed by atoms with E-state index in [1.54, 1.807) is 0 Å². The fourth-order valence-electron chi connectivity index (χ4n) is 2.41. The first-order chi connectivity index (χ1) is 9.63. The topological polar surface area (TPSA) is 59.0 Å². The van der Waals surface area contributed by atoms with E-state index in [1.807, 2.05) is 30.1 Å². The molecule has 0 bridgehead atoms. The first kappa shape index (κ1) is 12.7. The van der Waals surface area contributed by atoms with Crippen LogP contribution in [0.3, 0.4) is 0 Å². The van der Waals surface area contributed by atoms with Gasteiger partial charge in [0.2, 0.25) is 5.91 Å². The number of nitrogens with zero attached hydrogens (tertiary/aromatic N) is 2. The number of hydrogen-bond donors (Lipinski definition) is 2. The van der Waals surface area contributed by atoms with Crippen molar-refractivity contribution in [1.29, 1.82) is 0 Å². The lowest BCUT2D eigenvalue weighted by Gasteiger charge is -2.18. The molecule has 20 heavy (non-hydrogen) atoms. The number of carbonyl (C=O) groups is 1. The maximum atomic E-state index is 11.3. The third-order valence-corrected chi connectivity index (χ3v) is 3.82. The van der Waals surface area contributed by atoms with Crippen LogP contribution in [0.25, 0.3) is 0 Å². The Hall–Kier alpha value is -2.30. The first-order valence-electron chi connectivity index (χ1n) is 6.77. The largest absolute Gasteiger partial charge is 0.381 e. The summed E-state index contributed by atoms with van der Waals surface area (Å²) < 4.78 is 1.87. The Balaban J connectivity index is 1.72. The predicted octanol–water partition coefficient (Wildman–Crippen LogP) is 2.23. The standard InChI is InChI=1S/C15H18N4O/c1-10-12(9-17-19(10)2)8-16-13-4-5-14-11(7-13)3-6-15(20)18-14/h4-5,7,9,16H,3,6,8H2,1-2H3,(H,18,20). The van der Waals surface area contributed by atoms with E-state index in [2.05, 4.69) is 28.7 Å². The van der Waals surface area contributed by atoms with Crippen LogP contribution in [0.2, 0.25) is 0 Å². The number of nitrogens with one attached hydrogen (secondary N) is 2.